The number of aliphatic carboxylic acids is 1. The fraction of sp³-hybridized carbons (Fsp3) is 0.941. The van der Waals surface area contributed by atoms with Gasteiger partial charge in [0, 0.05) is 6.42 Å². The summed E-state index contributed by atoms with van der Waals surface area (Å²) in [6, 6.07) is 0. The van der Waals surface area contributed by atoms with Crippen molar-refractivity contribution in [2.45, 2.75) is 97.3 Å². The molecule has 3 N–H and O–H groups in total. The summed E-state index contributed by atoms with van der Waals surface area (Å²) in [6.45, 7) is 4.75. The van der Waals surface area contributed by atoms with Gasteiger partial charge in [-0.1, -0.05) is 84.5 Å². The summed E-state index contributed by atoms with van der Waals surface area (Å²) >= 11 is 0. The Balaban J connectivity index is 0. The van der Waals surface area contributed by atoms with Crippen LogP contribution in [0.4, 0.5) is 0 Å². The number of carboxylic acid groups (broad SMARTS) is 1. The van der Waals surface area contributed by atoms with E-state index in [9.17, 15) is 4.79 Å². The van der Waals surface area contributed by atoms with Gasteiger partial charge in [0.1, 0.15) is 0 Å². The van der Waals surface area contributed by atoms with E-state index in [1.807, 2.05) is 0 Å². The van der Waals surface area contributed by atoms with Gasteiger partial charge in [-0.15, -0.1) is 0 Å². The number of nitrogens with two attached hydrogens (primary N) is 1. The molecule has 0 spiro atoms. The fourth-order valence-corrected chi connectivity index (χ4v) is 1.99. The molecule has 0 atom stereocenters. The first-order valence-electron chi connectivity index (χ1n) is 8.60. The monoisotopic (exact) mass is 287 g/mol. The fourth-order valence-electron chi connectivity index (χ4n) is 1.99. The van der Waals surface area contributed by atoms with Gasteiger partial charge in [-0.25, -0.2) is 0 Å². The van der Waals surface area contributed by atoms with Gasteiger partial charge in [-0.05, 0) is 13.0 Å². The summed E-state index contributed by atoms with van der Waals surface area (Å²) in [5, 5.41) is 7.72. The van der Waals surface area contributed by atoms with Gasteiger partial charge in [0.2, 0.25) is 0 Å². The highest BCUT2D eigenvalue weighted by Gasteiger charge is 1.92. The zero-order valence-corrected chi connectivity index (χ0v) is 13.8. The van der Waals surface area contributed by atoms with Crippen molar-refractivity contribution in [2.24, 2.45) is 5.73 Å². The predicted octanol–water partition coefficient (Wildman–Crippen LogP) is 5.13. The number of carbonyl (C=O) groups is 1. The first-order chi connectivity index (χ1) is 9.68. The third-order valence-corrected chi connectivity index (χ3v) is 3.36. The molecule has 3 heteroatoms. The Bertz CT molecular complexity index is 172. The normalized spacial score (nSPS) is 9.95. The van der Waals surface area contributed by atoms with Crippen molar-refractivity contribution in [2.75, 3.05) is 6.54 Å². The van der Waals surface area contributed by atoms with Crippen LogP contribution >= 0.6 is 0 Å². The minimum atomic E-state index is -0.745. The van der Waals surface area contributed by atoms with Crippen molar-refractivity contribution >= 4 is 5.97 Å². The first kappa shape index (κ1) is 21.7. The van der Waals surface area contributed by atoms with E-state index in [-0.39, 0.29) is 6.42 Å². The Morgan fingerprint density at radius 2 is 1.05 bits per heavy atom. The molecule has 20 heavy (non-hydrogen) atoms. The standard InChI is InChI=1S/C14H31N.C3H6O2/c1-2-3-4-5-6-7-8-9-10-11-12-13-14-15;1-2-3(4)5/h2-15H2,1H3;2H2,1H3,(H,4,5). The number of hydrogen-bond acceptors (Lipinski definition) is 2. The molecule has 0 radical (unpaired) electrons. The molecule has 0 saturated heterocycles. The van der Waals surface area contributed by atoms with Gasteiger partial charge < -0.3 is 10.8 Å². The predicted molar refractivity (Wildman–Crippen MR) is 88.1 cm³/mol. The Morgan fingerprint density at radius 3 is 1.30 bits per heavy atom. The van der Waals surface area contributed by atoms with E-state index in [0.717, 1.165) is 6.54 Å². The van der Waals surface area contributed by atoms with Crippen molar-refractivity contribution in [3.05, 3.63) is 0 Å². The third-order valence-electron chi connectivity index (χ3n) is 3.36. The Morgan fingerprint density at radius 1 is 0.750 bits per heavy atom. The molecule has 0 aliphatic rings. The second-order valence-corrected chi connectivity index (χ2v) is 5.43. The summed E-state index contributed by atoms with van der Waals surface area (Å²) in [5.74, 6) is -0.745. The molecule has 0 aliphatic heterocycles. The van der Waals surface area contributed by atoms with Crippen molar-refractivity contribution in [1.29, 1.82) is 0 Å². The molecule has 0 bridgehead atoms. The number of unbranched alkanes of at least 4 members (excludes halogenated alkanes) is 11. The molecule has 0 fully saturated rings. The van der Waals surface area contributed by atoms with Crippen LogP contribution < -0.4 is 5.73 Å². The maximum Gasteiger partial charge on any atom is 0.303 e. The van der Waals surface area contributed by atoms with Crippen molar-refractivity contribution in [1.82, 2.24) is 0 Å². The maximum atomic E-state index is 9.37. The summed E-state index contributed by atoms with van der Waals surface area (Å²) < 4.78 is 0. The number of carboxylic acids is 1. The molecule has 0 saturated carbocycles. The topological polar surface area (TPSA) is 63.3 Å². The van der Waals surface area contributed by atoms with E-state index in [2.05, 4.69) is 6.92 Å². The molecule has 0 aromatic rings. The van der Waals surface area contributed by atoms with E-state index in [1.165, 1.54) is 77.0 Å². The van der Waals surface area contributed by atoms with Gasteiger partial charge in [0.05, 0.1) is 0 Å². The van der Waals surface area contributed by atoms with Gasteiger partial charge in [-0.2, -0.15) is 0 Å². The van der Waals surface area contributed by atoms with Gasteiger partial charge in [0.25, 0.3) is 0 Å². The number of hydrogen-bond donors (Lipinski definition) is 2. The van der Waals surface area contributed by atoms with Crippen LogP contribution in [0.5, 0.6) is 0 Å². The second kappa shape index (κ2) is 20.7. The third kappa shape index (κ3) is 26.1. The number of rotatable bonds is 13. The Labute approximate surface area is 126 Å². The molecule has 0 aromatic heterocycles. The van der Waals surface area contributed by atoms with Crippen molar-refractivity contribution in [3.63, 3.8) is 0 Å². The second-order valence-electron chi connectivity index (χ2n) is 5.43. The average molecular weight is 287 g/mol. The smallest absolute Gasteiger partial charge is 0.303 e. The van der Waals surface area contributed by atoms with Crippen molar-refractivity contribution in [3.8, 4) is 0 Å². The molecular weight excluding hydrogens is 250 g/mol. The minimum absolute atomic E-state index is 0.222. The zero-order chi connectivity index (χ0) is 15.5. The summed E-state index contributed by atoms with van der Waals surface area (Å²) in [4.78, 5) is 9.37. The van der Waals surface area contributed by atoms with Crippen LogP contribution in [0.15, 0.2) is 0 Å². The van der Waals surface area contributed by atoms with E-state index in [1.54, 1.807) is 6.92 Å². The summed E-state index contributed by atoms with van der Waals surface area (Å²) in [6.07, 6.45) is 17.1. The summed E-state index contributed by atoms with van der Waals surface area (Å²) in [5.41, 5.74) is 5.45. The largest absolute Gasteiger partial charge is 0.481 e. The van der Waals surface area contributed by atoms with Crippen LogP contribution in [0.3, 0.4) is 0 Å². The highest BCUT2D eigenvalue weighted by atomic mass is 16.4. The molecule has 3 nitrogen and oxygen atoms in total. The SMILES string of the molecule is CCC(=O)O.CCCCCCCCCCCCCCN. The molecular formula is C17H37NO2. The maximum absolute atomic E-state index is 9.37. The molecule has 0 amide bonds. The molecule has 0 rings (SSSR count). The first-order valence-corrected chi connectivity index (χ1v) is 8.60. The lowest BCUT2D eigenvalue weighted by Crippen LogP contribution is -1.97. The van der Waals surface area contributed by atoms with Crippen LogP contribution in [0, 0.1) is 0 Å². The van der Waals surface area contributed by atoms with Crippen LogP contribution in [-0.4, -0.2) is 17.6 Å². The lowest BCUT2D eigenvalue weighted by molar-refractivity contribution is -0.136. The zero-order valence-electron chi connectivity index (χ0n) is 13.8. The summed E-state index contributed by atoms with van der Waals surface area (Å²) in [7, 11) is 0. The molecule has 0 aliphatic carbocycles. The van der Waals surface area contributed by atoms with Gasteiger partial charge in [0.15, 0.2) is 0 Å². The Kier molecular flexibility index (Phi) is 22.5. The lowest BCUT2D eigenvalue weighted by atomic mass is 10.1. The highest BCUT2D eigenvalue weighted by Crippen LogP contribution is 2.11. The highest BCUT2D eigenvalue weighted by molar-refractivity contribution is 5.66. The molecule has 122 valence electrons. The van der Waals surface area contributed by atoms with Crippen molar-refractivity contribution < 1.29 is 9.90 Å². The van der Waals surface area contributed by atoms with Crippen LogP contribution in [0.2, 0.25) is 0 Å². The molecule has 0 unspecified atom stereocenters. The van der Waals surface area contributed by atoms with E-state index in [0.29, 0.717) is 0 Å². The van der Waals surface area contributed by atoms with Gasteiger partial charge >= 0.3 is 5.97 Å². The van der Waals surface area contributed by atoms with Crippen LogP contribution in [0.1, 0.15) is 97.3 Å². The van der Waals surface area contributed by atoms with E-state index in [4.69, 9.17) is 10.8 Å². The van der Waals surface area contributed by atoms with Crippen LogP contribution in [0.25, 0.3) is 0 Å². The molecule has 0 heterocycles. The Hall–Kier alpha value is -0.570. The quantitative estimate of drug-likeness (QED) is 0.462. The lowest BCUT2D eigenvalue weighted by Gasteiger charge is -2.01. The van der Waals surface area contributed by atoms with E-state index < -0.39 is 5.97 Å². The van der Waals surface area contributed by atoms with E-state index >= 15 is 0 Å². The minimum Gasteiger partial charge on any atom is -0.481 e. The average Bonchev–Trinajstić information content (AvgIpc) is 2.45. The molecule has 0 aromatic carbocycles. The van der Waals surface area contributed by atoms with Gasteiger partial charge in [-0.3, -0.25) is 4.79 Å². The van der Waals surface area contributed by atoms with Crippen LogP contribution in [-0.2, 0) is 4.79 Å².